The highest BCUT2D eigenvalue weighted by Crippen LogP contribution is 2.08. The van der Waals surface area contributed by atoms with Crippen molar-refractivity contribution in [3.63, 3.8) is 0 Å². The van der Waals surface area contributed by atoms with Gasteiger partial charge in [0.1, 0.15) is 12.0 Å². The van der Waals surface area contributed by atoms with Gasteiger partial charge in [0, 0.05) is 12.8 Å². The average molecular weight is 160 g/mol. The number of rotatable bonds is 6. The Morgan fingerprint density at radius 3 is 2.45 bits per heavy atom. The van der Waals surface area contributed by atoms with Crippen LogP contribution in [0.2, 0.25) is 0 Å². The van der Waals surface area contributed by atoms with E-state index in [-0.39, 0.29) is 12.2 Å². The number of halogens is 1. The molecule has 0 saturated carbocycles. The van der Waals surface area contributed by atoms with E-state index in [0.29, 0.717) is 12.8 Å². The molecule has 1 nitrogen and oxygen atoms in total. The molecule has 0 spiro atoms. The molecule has 0 radical (unpaired) electrons. The van der Waals surface area contributed by atoms with Gasteiger partial charge in [-0.05, 0) is 12.8 Å². The summed E-state index contributed by atoms with van der Waals surface area (Å²) in [5, 5.41) is 0. The van der Waals surface area contributed by atoms with Crippen molar-refractivity contribution in [1.29, 1.82) is 0 Å². The van der Waals surface area contributed by atoms with Crippen molar-refractivity contribution in [2.75, 3.05) is 0 Å². The third-order valence-electron chi connectivity index (χ3n) is 1.58. The Morgan fingerprint density at radius 1 is 1.36 bits per heavy atom. The van der Waals surface area contributed by atoms with E-state index in [1.54, 1.807) is 0 Å². The SMILES string of the molecule is CCCC(=O)CC(F)CCC. The number of carbonyl (C=O) groups excluding carboxylic acids is 1. The number of Topliss-reactive ketones (excluding diaryl/α,β-unsaturated/α-hetero) is 1. The van der Waals surface area contributed by atoms with E-state index >= 15 is 0 Å². The molecule has 66 valence electrons. The fraction of sp³-hybridized carbons (Fsp3) is 0.889. The lowest BCUT2D eigenvalue weighted by Crippen LogP contribution is -2.08. The molecule has 0 aliphatic rings. The average Bonchev–Trinajstić information content (AvgIpc) is 1.87. The summed E-state index contributed by atoms with van der Waals surface area (Å²) < 4.78 is 12.8. The third kappa shape index (κ3) is 6.02. The zero-order valence-electron chi connectivity index (χ0n) is 7.40. The Bertz CT molecular complexity index is 112. The molecule has 1 atom stereocenters. The summed E-state index contributed by atoms with van der Waals surface area (Å²) in [5.41, 5.74) is 0. The minimum Gasteiger partial charge on any atom is -0.300 e. The highest BCUT2D eigenvalue weighted by Gasteiger charge is 2.09. The van der Waals surface area contributed by atoms with Gasteiger partial charge < -0.3 is 0 Å². The van der Waals surface area contributed by atoms with E-state index < -0.39 is 6.17 Å². The highest BCUT2D eigenvalue weighted by molar-refractivity contribution is 5.78. The van der Waals surface area contributed by atoms with Crippen LogP contribution in [-0.4, -0.2) is 12.0 Å². The van der Waals surface area contributed by atoms with Gasteiger partial charge in [-0.3, -0.25) is 4.79 Å². The van der Waals surface area contributed by atoms with Gasteiger partial charge in [-0.25, -0.2) is 4.39 Å². The van der Waals surface area contributed by atoms with Crippen LogP contribution in [0.25, 0.3) is 0 Å². The number of alkyl halides is 1. The standard InChI is InChI=1S/C9H17FO/c1-3-5-8(10)7-9(11)6-4-2/h8H,3-7H2,1-2H3. The highest BCUT2D eigenvalue weighted by atomic mass is 19.1. The fourth-order valence-corrected chi connectivity index (χ4v) is 1.04. The number of hydrogen-bond donors (Lipinski definition) is 0. The lowest BCUT2D eigenvalue weighted by molar-refractivity contribution is -0.120. The Labute approximate surface area is 68.0 Å². The largest absolute Gasteiger partial charge is 0.300 e. The first-order chi connectivity index (χ1) is 5.20. The van der Waals surface area contributed by atoms with Crippen LogP contribution in [0.5, 0.6) is 0 Å². The Morgan fingerprint density at radius 2 is 2.00 bits per heavy atom. The smallest absolute Gasteiger partial charge is 0.135 e. The minimum absolute atomic E-state index is 0.0634. The second-order valence-corrected chi connectivity index (χ2v) is 2.88. The van der Waals surface area contributed by atoms with Crippen LogP contribution in [0.3, 0.4) is 0 Å². The van der Waals surface area contributed by atoms with Gasteiger partial charge in [0.2, 0.25) is 0 Å². The first-order valence-corrected chi connectivity index (χ1v) is 4.36. The summed E-state index contributed by atoms with van der Waals surface area (Å²) in [6.07, 6.45) is 1.93. The maximum absolute atomic E-state index is 12.8. The minimum atomic E-state index is -0.904. The van der Waals surface area contributed by atoms with Crippen LogP contribution in [0.1, 0.15) is 46.0 Å². The first-order valence-electron chi connectivity index (χ1n) is 4.36. The van der Waals surface area contributed by atoms with E-state index in [1.165, 1.54) is 0 Å². The predicted molar refractivity (Wildman–Crippen MR) is 44.3 cm³/mol. The van der Waals surface area contributed by atoms with Gasteiger partial charge in [0.15, 0.2) is 0 Å². The molecule has 0 saturated heterocycles. The van der Waals surface area contributed by atoms with Gasteiger partial charge in [-0.15, -0.1) is 0 Å². The molecular weight excluding hydrogens is 143 g/mol. The summed E-state index contributed by atoms with van der Waals surface area (Å²) in [6.45, 7) is 3.86. The van der Waals surface area contributed by atoms with E-state index in [2.05, 4.69) is 0 Å². The number of hydrogen-bond acceptors (Lipinski definition) is 1. The molecule has 11 heavy (non-hydrogen) atoms. The Hall–Kier alpha value is -0.400. The van der Waals surface area contributed by atoms with Crippen LogP contribution in [0.4, 0.5) is 4.39 Å². The van der Waals surface area contributed by atoms with Crippen LogP contribution in [0.15, 0.2) is 0 Å². The molecule has 0 aromatic heterocycles. The molecule has 0 aliphatic carbocycles. The summed E-state index contributed by atoms with van der Waals surface area (Å²) in [6, 6.07) is 0. The van der Waals surface area contributed by atoms with Gasteiger partial charge in [0.05, 0.1) is 0 Å². The molecule has 0 fully saturated rings. The van der Waals surface area contributed by atoms with E-state index in [9.17, 15) is 9.18 Å². The molecule has 0 N–H and O–H groups in total. The maximum Gasteiger partial charge on any atom is 0.135 e. The fourth-order valence-electron chi connectivity index (χ4n) is 1.04. The summed E-state index contributed by atoms with van der Waals surface area (Å²) >= 11 is 0. The van der Waals surface area contributed by atoms with Crippen LogP contribution < -0.4 is 0 Å². The Kier molecular flexibility index (Phi) is 6.09. The molecule has 0 aromatic carbocycles. The number of ketones is 1. The maximum atomic E-state index is 12.8. The number of carbonyl (C=O) groups is 1. The van der Waals surface area contributed by atoms with E-state index in [0.717, 1.165) is 12.8 Å². The molecule has 0 aromatic rings. The van der Waals surface area contributed by atoms with Gasteiger partial charge in [-0.2, -0.15) is 0 Å². The predicted octanol–water partition coefficient (Wildman–Crippen LogP) is 2.88. The van der Waals surface area contributed by atoms with Crippen LogP contribution in [0, 0.1) is 0 Å². The quantitative estimate of drug-likeness (QED) is 0.584. The normalized spacial score (nSPS) is 13.0. The van der Waals surface area contributed by atoms with Crippen LogP contribution in [-0.2, 0) is 4.79 Å². The van der Waals surface area contributed by atoms with Crippen molar-refractivity contribution in [3.8, 4) is 0 Å². The molecule has 0 bridgehead atoms. The Balaban J connectivity index is 3.40. The molecule has 2 heteroatoms. The molecule has 0 aliphatic heterocycles. The topological polar surface area (TPSA) is 17.1 Å². The summed E-state index contributed by atoms with van der Waals surface area (Å²) in [7, 11) is 0. The van der Waals surface area contributed by atoms with Crippen molar-refractivity contribution >= 4 is 5.78 Å². The second-order valence-electron chi connectivity index (χ2n) is 2.88. The molecule has 1 unspecified atom stereocenters. The first kappa shape index (κ1) is 10.6. The molecular formula is C9H17FO. The van der Waals surface area contributed by atoms with Crippen molar-refractivity contribution in [2.24, 2.45) is 0 Å². The van der Waals surface area contributed by atoms with E-state index in [4.69, 9.17) is 0 Å². The molecule has 0 amide bonds. The second kappa shape index (κ2) is 6.32. The third-order valence-corrected chi connectivity index (χ3v) is 1.58. The van der Waals surface area contributed by atoms with Gasteiger partial charge in [-0.1, -0.05) is 20.3 Å². The summed E-state index contributed by atoms with van der Waals surface area (Å²) in [4.78, 5) is 10.9. The van der Waals surface area contributed by atoms with Crippen LogP contribution >= 0.6 is 0 Å². The lowest BCUT2D eigenvalue weighted by Gasteiger charge is -2.03. The zero-order chi connectivity index (χ0) is 8.69. The van der Waals surface area contributed by atoms with Gasteiger partial charge >= 0.3 is 0 Å². The zero-order valence-corrected chi connectivity index (χ0v) is 7.40. The monoisotopic (exact) mass is 160 g/mol. The van der Waals surface area contributed by atoms with Gasteiger partial charge in [0.25, 0.3) is 0 Å². The summed E-state index contributed by atoms with van der Waals surface area (Å²) in [5.74, 6) is 0.0634. The lowest BCUT2D eigenvalue weighted by atomic mass is 10.1. The van der Waals surface area contributed by atoms with Crippen molar-refractivity contribution in [3.05, 3.63) is 0 Å². The van der Waals surface area contributed by atoms with Crippen molar-refractivity contribution < 1.29 is 9.18 Å². The van der Waals surface area contributed by atoms with E-state index in [1.807, 2.05) is 13.8 Å². The van der Waals surface area contributed by atoms with Crippen molar-refractivity contribution in [2.45, 2.75) is 52.1 Å². The molecule has 0 heterocycles. The molecule has 0 rings (SSSR count). The van der Waals surface area contributed by atoms with Crippen molar-refractivity contribution in [1.82, 2.24) is 0 Å².